The van der Waals surface area contributed by atoms with E-state index >= 15 is 0 Å². The molecule has 3 aromatic rings. The van der Waals surface area contributed by atoms with Crippen molar-refractivity contribution in [2.75, 3.05) is 23.7 Å². The molecule has 0 bridgehead atoms. The van der Waals surface area contributed by atoms with Gasteiger partial charge in [0.15, 0.2) is 17.0 Å². The minimum absolute atomic E-state index is 0.00941. The fourth-order valence-electron chi connectivity index (χ4n) is 3.44. The lowest BCUT2D eigenvalue weighted by atomic mass is 10.2. The Labute approximate surface area is 172 Å². The molecule has 1 aliphatic rings. The van der Waals surface area contributed by atoms with Crippen molar-refractivity contribution in [2.24, 2.45) is 7.05 Å². The molecule has 10 nitrogen and oxygen atoms in total. The van der Waals surface area contributed by atoms with Crippen LogP contribution in [0.3, 0.4) is 0 Å². The third kappa shape index (κ3) is 3.70. The van der Waals surface area contributed by atoms with E-state index in [1.165, 1.54) is 11.0 Å². The van der Waals surface area contributed by atoms with E-state index in [2.05, 4.69) is 37.3 Å². The van der Waals surface area contributed by atoms with Crippen molar-refractivity contribution in [2.45, 2.75) is 32.1 Å². The predicted molar refractivity (Wildman–Crippen MR) is 111 cm³/mol. The van der Waals surface area contributed by atoms with E-state index in [4.69, 9.17) is 0 Å². The van der Waals surface area contributed by atoms with Gasteiger partial charge in [0.05, 0.1) is 30.8 Å². The number of nitrogens with zero attached hydrogens (tertiary/aromatic N) is 7. The van der Waals surface area contributed by atoms with Crippen molar-refractivity contribution >= 4 is 34.5 Å². The summed E-state index contributed by atoms with van der Waals surface area (Å²) in [4.78, 5) is 26.8. The Balaban J connectivity index is 1.68. The van der Waals surface area contributed by atoms with Crippen molar-refractivity contribution < 1.29 is 9.18 Å². The predicted octanol–water partition coefficient (Wildman–Crippen LogP) is 2.03. The number of imidazole rings is 1. The minimum atomic E-state index is -1.24. The molecular formula is C19H24FN9O. The Morgan fingerprint density at radius 2 is 2.17 bits per heavy atom. The molecule has 11 heteroatoms. The van der Waals surface area contributed by atoms with E-state index in [0.29, 0.717) is 17.0 Å². The number of hydrogen-bond acceptors (Lipinski definition) is 7. The Kier molecular flexibility index (Phi) is 5.10. The highest BCUT2D eigenvalue weighted by Crippen LogP contribution is 2.27. The second-order valence-corrected chi connectivity index (χ2v) is 7.56. The van der Waals surface area contributed by atoms with E-state index in [1.807, 2.05) is 31.7 Å². The number of amides is 1. The highest BCUT2D eigenvalue weighted by molar-refractivity contribution is 5.88. The summed E-state index contributed by atoms with van der Waals surface area (Å²) in [6, 6.07) is -0.488. The van der Waals surface area contributed by atoms with Crippen LogP contribution in [0.4, 0.5) is 21.8 Å². The van der Waals surface area contributed by atoms with Gasteiger partial charge in [-0.15, -0.1) is 0 Å². The number of fused-ring (bicyclic) bond motifs is 1. The molecule has 0 radical (unpaired) electrons. The van der Waals surface area contributed by atoms with Gasteiger partial charge in [0.2, 0.25) is 11.9 Å². The Hall–Kier alpha value is -3.50. The number of carbonyl (C=O) groups is 1. The monoisotopic (exact) mass is 413 g/mol. The van der Waals surface area contributed by atoms with Crippen LogP contribution >= 0.6 is 0 Å². The first-order chi connectivity index (χ1) is 14.4. The molecule has 30 heavy (non-hydrogen) atoms. The van der Waals surface area contributed by atoms with E-state index in [9.17, 15) is 9.18 Å². The largest absolute Gasteiger partial charge is 0.347 e. The molecule has 1 aliphatic heterocycles. The van der Waals surface area contributed by atoms with Gasteiger partial charge in [0.1, 0.15) is 6.17 Å². The Morgan fingerprint density at radius 1 is 1.37 bits per heavy atom. The summed E-state index contributed by atoms with van der Waals surface area (Å²) < 4.78 is 18.1. The van der Waals surface area contributed by atoms with Crippen LogP contribution < -0.4 is 10.6 Å². The SMILES string of the molecule is C=CC(=O)N1C[C@H](Nc2nc(Nc3cnn(C)c3)c3ncn(C(C)C)c3n2)[C@@H](F)C1. The van der Waals surface area contributed by atoms with Crippen LogP contribution in [0.25, 0.3) is 11.2 Å². The quantitative estimate of drug-likeness (QED) is 0.596. The summed E-state index contributed by atoms with van der Waals surface area (Å²) in [6.45, 7) is 7.73. The molecule has 0 aliphatic carbocycles. The maximum absolute atomic E-state index is 14.5. The summed E-state index contributed by atoms with van der Waals surface area (Å²) in [5, 5.41) is 10.4. The number of nitrogens with one attached hydrogen (secondary N) is 2. The minimum Gasteiger partial charge on any atom is -0.347 e. The number of rotatable bonds is 6. The zero-order valence-electron chi connectivity index (χ0n) is 17.1. The van der Waals surface area contributed by atoms with Gasteiger partial charge in [-0.25, -0.2) is 9.37 Å². The Morgan fingerprint density at radius 3 is 2.83 bits per heavy atom. The van der Waals surface area contributed by atoms with Crippen LogP contribution in [-0.2, 0) is 11.8 Å². The zero-order chi connectivity index (χ0) is 21.4. The number of halogens is 1. The average molecular weight is 413 g/mol. The molecular weight excluding hydrogens is 389 g/mol. The summed E-state index contributed by atoms with van der Waals surface area (Å²) in [5.41, 5.74) is 1.97. The van der Waals surface area contributed by atoms with Crippen molar-refractivity contribution in [1.82, 2.24) is 34.2 Å². The van der Waals surface area contributed by atoms with Crippen LogP contribution in [0.2, 0.25) is 0 Å². The lowest BCUT2D eigenvalue weighted by Gasteiger charge is -2.16. The molecule has 1 amide bonds. The highest BCUT2D eigenvalue weighted by atomic mass is 19.1. The molecule has 0 spiro atoms. The first-order valence-electron chi connectivity index (χ1n) is 9.68. The first-order valence-corrected chi connectivity index (χ1v) is 9.68. The molecule has 1 saturated heterocycles. The summed E-state index contributed by atoms with van der Waals surface area (Å²) >= 11 is 0. The number of anilines is 3. The van der Waals surface area contributed by atoms with Crippen molar-refractivity contribution in [3.63, 3.8) is 0 Å². The van der Waals surface area contributed by atoms with Crippen LogP contribution in [0, 0.1) is 0 Å². The van der Waals surface area contributed by atoms with Gasteiger partial charge in [0.25, 0.3) is 0 Å². The summed E-state index contributed by atoms with van der Waals surface area (Å²) in [6.07, 6.45) is 5.15. The highest BCUT2D eigenvalue weighted by Gasteiger charge is 2.35. The van der Waals surface area contributed by atoms with Gasteiger partial charge in [0, 0.05) is 25.8 Å². The average Bonchev–Trinajstić information content (AvgIpc) is 3.40. The number of aromatic nitrogens is 6. The van der Waals surface area contributed by atoms with E-state index < -0.39 is 12.2 Å². The molecule has 158 valence electrons. The summed E-state index contributed by atoms with van der Waals surface area (Å²) in [5.74, 6) is 0.453. The molecule has 0 aromatic carbocycles. The molecule has 1 fully saturated rings. The van der Waals surface area contributed by atoms with E-state index in [0.717, 1.165) is 5.69 Å². The standard InChI is InChI=1S/C19H24FN9O/c1-5-15(30)28-8-13(20)14(9-28)24-19-25-17(23-12-6-22-27(4)7-12)16-18(26-19)29(10-21-16)11(2)3/h5-7,10-11,13-14H,1,8-9H2,2-4H3,(H2,23,24,25,26)/t13-,14-/m0/s1. The third-order valence-corrected chi connectivity index (χ3v) is 4.99. The summed E-state index contributed by atoms with van der Waals surface area (Å²) in [7, 11) is 1.82. The number of carbonyl (C=O) groups excluding carboxylic acids is 1. The first kappa shape index (κ1) is 19.8. The van der Waals surface area contributed by atoms with Crippen LogP contribution in [-0.4, -0.2) is 65.4 Å². The third-order valence-electron chi connectivity index (χ3n) is 4.99. The van der Waals surface area contributed by atoms with Gasteiger partial charge in [-0.2, -0.15) is 15.1 Å². The number of aryl methyl sites for hydroxylation is 1. The second kappa shape index (κ2) is 7.73. The molecule has 2 N–H and O–H groups in total. The topological polar surface area (TPSA) is 106 Å². The fourth-order valence-corrected chi connectivity index (χ4v) is 3.44. The molecule has 3 aromatic heterocycles. The lowest BCUT2D eigenvalue weighted by Crippen LogP contribution is -2.32. The molecule has 4 rings (SSSR count). The maximum Gasteiger partial charge on any atom is 0.246 e. The Bertz CT molecular complexity index is 1090. The van der Waals surface area contributed by atoms with Gasteiger partial charge >= 0.3 is 0 Å². The van der Waals surface area contributed by atoms with Gasteiger partial charge in [-0.3, -0.25) is 9.48 Å². The molecule has 4 heterocycles. The van der Waals surface area contributed by atoms with E-state index in [1.54, 1.807) is 17.2 Å². The van der Waals surface area contributed by atoms with Crippen LogP contribution in [0.15, 0.2) is 31.4 Å². The fraction of sp³-hybridized carbons (Fsp3) is 0.421. The lowest BCUT2D eigenvalue weighted by molar-refractivity contribution is -0.125. The molecule has 0 saturated carbocycles. The van der Waals surface area contributed by atoms with Crippen LogP contribution in [0.5, 0.6) is 0 Å². The molecule has 0 unspecified atom stereocenters. The normalized spacial score (nSPS) is 18.9. The van der Waals surface area contributed by atoms with Crippen molar-refractivity contribution in [3.05, 3.63) is 31.4 Å². The van der Waals surface area contributed by atoms with E-state index in [-0.39, 0.29) is 31.0 Å². The number of hydrogen-bond donors (Lipinski definition) is 2. The number of likely N-dealkylation sites (tertiary alicyclic amines) is 1. The van der Waals surface area contributed by atoms with Crippen molar-refractivity contribution in [3.8, 4) is 0 Å². The number of alkyl halides is 1. The van der Waals surface area contributed by atoms with Gasteiger partial charge in [-0.1, -0.05) is 6.58 Å². The second-order valence-electron chi connectivity index (χ2n) is 7.56. The smallest absolute Gasteiger partial charge is 0.246 e. The van der Waals surface area contributed by atoms with Crippen LogP contribution in [0.1, 0.15) is 19.9 Å². The van der Waals surface area contributed by atoms with Gasteiger partial charge < -0.3 is 20.1 Å². The van der Waals surface area contributed by atoms with Crippen molar-refractivity contribution in [1.29, 1.82) is 0 Å². The zero-order valence-corrected chi connectivity index (χ0v) is 17.1. The molecule has 2 atom stereocenters. The maximum atomic E-state index is 14.5. The van der Waals surface area contributed by atoms with Gasteiger partial charge in [-0.05, 0) is 19.9 Å².